The summed E-state index contributed by atoms with van der Waals surface area (Å²) in [5, 5.41) is 0. The van der Waals surface area contributed by atoms with Crippen LogP contribution in [0.5, 0.6) is 0 Å². The first-order valence-corrected chi connectivity index (χ1v) is 34.9. The molecule has 0 radical (unpaired) electrons. The highest BCUT2D eigenvalue weighted by Crippen LogP contribution is 2.42. The number of fused-ring (bicyclic) bond motifs is 2. The summed E-state index contributed by atoms with van der Waals surface area (Å²) in [5.41, 5.74) is 0. The van der Waals surface area contributed by atoms with Crippen LogP contribution in [0.1, 0.15) is 44.9 Å². The first kappa shape index (κ1) is 39.0. The van der Waals surface area contributed by atoms with E-state index < -0.39 is 51.1 Å². The van der Waals surface area contributed by atoms with Crippen LogP contribution in [-0.2, 0) is 25.9 Å². The number of hydrogen-bond donors (Lipinski definition) is 0. The minimum absolute atomic E-state index is 0.590. The van der Waals surface area contributed by atoms with Gasteiger partial charge in [0, 0.05) is 0 Å². The van der Waals surface area contributed by atoms with Crippen molar-refractivity contribution in [2.75, 3.05) is 0 Å². The highest BCUT2D eigenvalue weighted by atomic mass is 28.5. The molecule has 0 aromatic heterocycles. The molecule has 6 unspecified atom stereocenters. The molecule has 0 bridgehead atoms. The molecule has 6 nitrogen and oxygen atoms in total. The lowest BCUT2D eigenvalue weighted by Gasteiger charge is -2.39. The average molecular weight is 693 g/mol. The second-order valence-electron chi connectivity index (χ2n) is 17.0. The normalized spacial score (nSPS) is 29.3. The molecule has 6 atom stereocenters. The lowest BCUT2D eigenvalue weighted by molar-refractivity contribution is 0.338. The number of allylic oxidation sites excluding steroid dienone is 1. The van der Waals surface area contributed by atoms with Gasteiger partial charge in [0.1, 0.15) is 0 Å². The van der Waals surface area contributed by atoms with Gasteiger partial charge in [0.2, 0.25) is 0 Å². The van der Waals surface area contributed by atoms with E-state index in [1.807, 2.05) is 0 Å². The van der Waals surface area contributed by atoms with Crippen molar-refractivity contribution in [1.29, 1.82) is 0 Å². The first-order valence-electron chi connectivity index (χ1n) is 16.7. The Balaban J connectivity index is 0.000000246. The number of hydrogen-bond acceptors (Lipinski definition) is 6. The molecule has 0 aromatic rings. The highest BCUT2D eigenvalue weighted by molar-refractivity contribution is 6.87. The zero-order chi connectivity index (χ0) is 32.1. The lowest BCUT2D eigenvalue weighted by Crippen LogP contribution is -2.52. The topological polar surface area (TPSA) is 62.0 Å². The van der Waals surface area contributed by atoms with Crippen molar-refractivity contribution in [1.82, 2.24) is 0 Å². The number of ether oxygens (including phenoxy) is 2. The van der Waals surface area contributed by atoms with Crippen molar-refractivity contribution in [3.05, 3.63) is 12.7 Å². The Bertz CT molecular complexity index is 802. The Morgan fingerprint density at radius 3 is 1.48 bits per heavy atom. The molecular weight excluding hydrogens is 625 g/mol. The van der Waals surface area contributed by atoms with Gasteiger partial charge in [0.15, 0.2) is 33.3 Å². The van der Waals surface area contributed by atoms with Crippen LogP contribution in [0, 0.1) is 11.8 Å². The van der Waals surface area contributed by atoms with Crippen LogP contribution >= 0.6 is 0 Å². The molecule has 4 aliphatic rings. The van der Waals surface area contributed by atoms with Gasteiger partial charge in [-0.3, -0.25) is 0 Å². The van der Waals surface area contributed by atoms with Gasteiger partial charge < -0.3 is 25.9 Å². The van der Waals surface area contributed by atoms with Gasteiger partial charge in [-0.05, 0) is 154 Å². The van der Waals surface area contributed by atoms with Crippen LogP contribution in [0.3, 0.4) is 0 Å². The SMILES string of the molecule is C=CC1CCC2OC2C1.C[SiH](O[Si](C)(C)C)O[Si](C)(C)C.C[Si](C)(C)O[Si](C)(CCC1CCC2OC2C1)O[Si](C)(C)C. The molecule has 0 aromatic carbocycles. The molecule has 0 amide bonds. The van der Waals surface area contributed by atoms with Crippen LogP contribution in [0.4, 0.5) is 0 Å². The highest BCUT2D eigenvalue weighted by Gasteiger charge is 2.46. The van der Waals surface area contributed by atoms with Crippen molar-refractivity contribution in [2.45, 2.75) is 167 Å². The smallest absolute Gasteiger partial charge is 0.314 e. The van der Waals surface area contributed by atoms with Crippen LogP contribution in [-0.4, -0.2) is 75.5 Å². The fourth-order valence-electron chi connectivity index (χ4n) is 6.30. The second-order valence-corrected chi connectivity index (χ2v) is 41.4. The van der Waals surface area contributed by atoms with E-state index in [9.17, 15) is 0 Å². The molecule has 2 aliphatic carbocycles. The minimum atomic E-state index is -2.03. The fraction of sp³-hybridized carbons (Fsp3) is 0.933. The molecule has 0 spiro atoms. The van der Waals surface area contributed by atoms with Gasteiger partial charge in [-0.2, -0.15) is 0 Å². The van der Waals surface area contributed by atoms with Crippen molar-refractivity contribution >= 4 is 51.1 Å². The third-order valence-corrected chi connectivity index (χ3v) is 25.4. The van der Waals surface area contributed by atoms with Crippen LogP contribution in [0.15, 0.2) is 12.7 Å². The largest absolute Gasteiger partial charge is 0.439 e. The predicted molar refractivity (Wildman–Crippen MR) is 194 cm³/mol. The van der Waals surface area contributed by atoms with Gasteiger partial charge in [-0.15, -0.1) is 6.58 Å². The Morgan fingerprint density at radius 2 is 1.10 bits per heavy atom. The lowest BCUT2D eigenvalue weighted by atomic mass is 9.88. The Kier molecular flexibility index (Phi) is 14.5. The van der Waals surface area contributed by atoms with Crippen molar-refractivity contribution in [3.8, 4) is 0 Å². The van der Waals surface area contributed by atoms with E-state index >= 15 is 0 Å². The predicted octanol–water partition coefficient (Wildman–Crippen LogP) is 9.00. The fourth-order valence-corrected chi connectivity index (χ4v) is 27.5. The molecule has 4 fully saturated rings. The van der Waals surface area contributed by atoms with Crippen molar-refractivity contribution in [3.63, 3.8) is 0 Å². The Hall–Kier alpha value is 0.801. The molecule has 2 saturated carbocycles. The summed E-state index contributed by atoms with van der Waals surface area (Å²) in [6.07, 6.45) is 13.5. The zero-order valence-corrected chi connectivity index (χ0v) is 36.1. The number of rotatable bonds is 12. The second kappa shape index (κ2) is 15.6. The van der Waals surface area contributed by atoms with Crippen molar-refractivity contribution in [2.24, 2.45) is 11.8 Å². The third kappa shape index (κ3) is 17.5. The molecule has 0 N–H and O–H groups in total. The van der Waals surface area contributed by atoms with E-state index in [1.54, 1.807) is 0 Å². The molecule has 2 aliphatic heterocycles. The maximum absolute atomic E-state index is 6.59. The standard InChI is InChI=1S/C15H34O3Si3.C8H12O.C7H22O2Si3/c1-19(2,3)17-21(7,18-20(4,5)6)11-10-13-8-9-14-15(12-13)16-14;1-2-6-3-4-7-8(5-6)9-7;1-10(8-11(2,3)4)9-12(5,6)7/h13-15H,8-12H2,1-7H3;2,6-8H,1,3-5H2;10H,1-7H3. The third-order valence-electron chi connectivity index (χ3n) is 7.58. The monoisotopic (exact) mass is 692 g/mol. The molecule has 4 rings (SSSR count). The van der Waals surface area contributed by atoms with Crippen molar-refractivity contribution < 1.29 is 25.9 Å². The molecule has 2 saturated heterocycles. The van der Waals surface area contributed by atoms with Gasteiger partial charge in [0.25, 0.3) is 9.28 Å². The molecule has 248 valence electrons. The number of epoxide rings is 2. The van der Waals surface area contributed by atoms with Gasteiger partial charge >= 0.3 is 8.56 Å². The summed E-state index contributed by atoms with van der Waals surface area (Å²) in [4.78, 5) is 0. The maximum Gasteiger partial charge on any atom is 0.314 e. The van der Waals surface area contributed by atoms with E-state index in [2.05, 4.69) is 104 Å². The molecule has 42 heavy (non-hydrogen) atoms. The summed E-state index contributed by atoms with van der Waals surface area (Å²) in [5.74, 6) is 1.57. The van der Waals surface area contributed by atoms with Gasteiger partial charge in [0.05, 0.1) is 24.4 Å². The van der Waals surface area contributed by atoms with Crippen LogP contribution in [0.2, 0.25) is 97.7 Å². The average Bonchev–Trinajstić information content (AvgIpc) is 3.67. The van der Waals surface area contributed by atoms with Gasteiger partial charge in [-0.25, -0.2) is 0 Å². The Labute approximate surface area is 267 Å². The quantitative estimate of drug-likeness (QED) is 0.116. The summed E-state index contributed by atoms with van der Waals surface area (Å²) < 4.78 is 36.0. The summed E-state index contributed by atoms with van der Waals surface area (Å²) in [6.45, 7) is 35.2. The summed E-state index contributed by atoms with van der Waals surface area (Å²) in [7, 11) is -9.18. The zero-order valence-electron chi connectivity index (χ0n) is 29.9. The van der Waals surface area contributed by atoms with E-state index in [4.69, 9.17) is 25.9 Å². The Morgan fingerprint density at radius 1 is 0.643 bits per heavy atom. The summed E-state index contributed by atoms with van der Waals surface area (Å²) in [6, 6.07) is 1.16. The van der Waals surface area contributed by atoms with Crippen LogP contribution < -0.4 is 0 Å². The molecule has 12 heteroatoms. The molecular formula is C30H68O6Si6. The molecule has 2 heterocycles. The van der Waals surface area contributed by atoms with E-state index in [0.717, 1.165) is 17.9 Å². The minimum Gasteiger partial charge on any atom is -0.439 e. The first-order chi connectivity index (χ1) is 19.0. The van der Waals surface area contributed by atoms with E-state index in [-0.39, 0.29) is 0 Å². The van der Waals surface area contributed by atoms with Gasteiger partial charge in [-0.1, -0.05) is 6.08 Å². The maximum atomic E-state index is 6.59. The van der Waals surface area contributed by atoms with E-state index in [1.165, 1.54) is 44.9 Å². The van der Waals surface area contributed by atoms with E-state index in [0.29, 0.717) is 24.4 Å². The summed E-state index contributed by atoms with van der Waals surface area (Å²) >= 11 is 0. The van der Waals surface area contributed by atoms with Crippen LogP contribution in [0.25, 0.3) is 0 Å².